The molecule has 0 amide bonds. The van der Waals surface area contributed by atoms with E-state index in [2.05, 4.69) is 11.9 Å². The molecule has 1 aromatic carbocycles. The van der Waals surface area contributed by atoms with E-state index in [4.69, 9.17) is 10.5 Å². The molecule has 0 aliphatic carbocycles. The number of ether oxygens (including phenoxy) is 1. The maximum absolute atomic E-state index is 5.66. The average Bonchev–Trinajstić information content (AvgIpc) is 2.09. The summed E-state index contributed by atoms with van der Waals surface area (Å²) in [7, 11) is 0. The Bertz CT molecular complexity index is 334. The van der Waals surface area contributed by atoms with Crippen molar-refractivity contribution in [3.05, 3.63) is 30.5 Å². The fourth-order valence-electron chi connectivity index (χ4n) is 1.15. The molecule has 0 saturated heterocycles. The van der Waals surface area contributed by atoms with E-state index in [1.807, 2.05) is 26.0 Å². The number of rotatable bonds is 4. The Balaban J connectivity index is 2.95. The third kappa shape index (κ3) is 2.69. The van der Waals surface area contributed by atoms with E-state index in [0.29, 0.717) is 12.3 Å². The number of nitrogens with two attached hydrogens (primary N) is 1. The number of hydrogen-bond acceptors (Lipinski definition) is 3. The molecule has 0 radical (unpaired) electrons. The maximum atomic E-state index is 5.66. The second kappa shape index (κ2) is 4.56. The molecule has 0 aliphatic rings. The van der Waals surface area contributed by atoms with Crippen molar-refractivity contribution in [2.75, 3.05) is 17.7 Å². The van der Waals surface area contributed by atoms with Crippen LogP contribution in [0.5, 0.6) is 5.75 Å². The summed E-state index contributed by atoms with van der Waals surface area (Å²) >= 11 is 0. The molecule has 0 spiro atoms. The van der Waals surface area contributed by atoms with Crippen molar-refractivity contribution in [1.82, 2.24) is 0 Å². The van der Waals surface area contributed by atoms with Crippen molar-refractivity contribution in [1.29, 1.82) is 0 Å². The lowest BCUT2D eigenvalue weighted by Gasteiger charge is -2.12. The van der Waals surface area contributed by atoms with Crippen molar-refractivity contribution < 1.29 is 4.74 Å². The van der Waals surface area contributed by atoms with Gasteiger partial charge in [0, 0.05) is 17.5 Å². The van der Waals surface area contributed by atoms with E-state index in [9.17, 15) is 0 Å². The third-order valence-electron chi connectivity index (χ3n) is 1.65. The Hall–Kier alpha value is -1.64. The van der Waals surface area contributed by atoms with Crippen molar-refractivity contribution in [3.8, 4) is 5.75 Å². The predicted octanol–water partition coefficient (Wildman–Crippen LogP) is 2.61. The number of benzene rings is 1. The van der Waals surface area contributed by atoms with Crippen LogP contribution < -0.4 is 15.8 Å². The monoisotopic (exact) mass is 192 g/mol. The van der Waals surface area contributed by atoms with E-state index >= 15 is 0 Å². The molecular weight excluding hydrogens is 176 g/mol. The molecule has 1 aromatic rings. The highest BCUT2D eigenvalue weighted by Gasteiger charge is 2.02. The van der Waals surface area contributed by atoms with Gasteiger partial charge in [-0.3, -0.25) is 0 Å². The zero-order valence-electron chi connectivity index (χ0n) is 8.63. The molecule has 3 N–H and O–H groups in total. The standard InChI is InChI=1S/C11H16N2O/c1-4-14-11-7-9(12)5-6-10(11)13-8(2)3/h5-7,13H,2,4,12H2,1,3H3. The first-order chi connectivity index (χ1) is 6.63. The van der Waals surface area contributed by atoms with Crippen LogP contribution in [0.25, 0.3) is 0 Å². The van der Waals surface area contributed by atoms with Gasteiger partial charge in [0.1, 0.15) is 5.75 Å². The van der Waals surface area contributed by atoms with Gasteiger partial charge >= 0.3 is 0 Å². The predicted molar refractivity (Wildman–Crippen MR) is 60.5 cm³/mol. The number of hydrogen-bond donors (Lipinski definition) is 2. The fourth-order valence-corrected chi connectivity index (χ4v) is 1.15. The first kappa shape index (κ1) is 10.4. The summed E-state index contributed by atoms with van der Waals surface area (Å²) in [5.74, 6) is 0.760. The molecule has 0 heterocycles. The lowest BCUT2D eigenvalue weighted by molar-refractivity contribution is 0.342. The van der Waals surface area contributed by atoms with Crippen LogP contribution in [-0.2, 0) is 0 Å². The Kier molecular flexibility index (Phi) is 3.40. The van der Waals surface area contributed by atoms with Crippen LogP contribution in [-0.4, -0.2) is 6.61 Å². The normalized spacial score (nSPS) is 9.57. The first-order valence-electron chi connectivity index (χ1n) is 4.58. The minimum absolute atomic E-state index is 0.619. The van der Waals surface area contributed by atoms with E-state index in [-0.39, 0.29) is 0 Å². The van der Waals surface area contributed by atoms with Gasteiger partial charge in [-0.25, -0.2) is 0 Å². The quantitative estimate of drug-likeness (QED) is 0.721. The molecule has 0 bridgehead atoms. The van der Waals surface area contributed by atoms with Gasteiger partial charge in [0.2, 0.25) is 0 Å². The van der Waals surface area contributed by atoms with Gasteiger partial charge < -0.3 is 15.8 Å². The second-order valence-corrected chi connectivity index (χ2v) is 3.09. The van der Waals surface area contributed by atoms with E-state index < -0.39 is 0 Å². The summed E-state index contributed by atoms with van der Waals surface area (Å²) in [4.78, 5) is 0. The summed E-state index contributed by atoms with van der Waals surface area (Å²) < 4.78 is 5.44. The molecule has 0 atom stereocenters. The van der Waals surface area contributed by atoms with Crippen LogP contribution in [0.15, 0.2) is 30.5 Å². The fraction of sp³-hybridized carbons (Fsp3) is 0.273. The van der Waals surface area contributed by atoms with Crippen LogP contribution in [0.4, 0.5) is 11.4 Å². The maximum Gasteiger partial charge on any atom is 0.144 e. The minimum Gasteiger partial charge on any atom is -0.492 e. The number of nitrogens with one attached hydrogen (secondary N) is 1. The van der Waals surface area contributed by atoms with Crippen LogP contribution in [0.3, 0.4) is 0 Å². The molecule has 3 heteroatoms. The SMILES string of the molecule is C=C(C)Nc1ccc(N)cc1OCC. The average molecular weight is 192 g/mol. The zero-order chi connectivity index (χ0) is 10.6. The molecule has 14 heavy (non-hydrogen) atoms. The summed E-state index contributed by atoms with van der Waals surface area (Å²) in [6, 6.07) is 5.51. The van der Waals surface area contributed by atoms with Gasteiger partial charge in [0.25, 0.3) is 0 Å². The van der Waals surface area contributed by atoms with Crippen molar-refractivity contribution in [3.63, 3.8) is 0 Å². The number of allylic oxidation sites excluding steroid dienone is 1. The Morgan fingerprint density at radius 3 is 2.86 bits per heavy atom. The molecule has 76 valence electrons. The highest BCUT2D eigenvalue weighted by atomic mass is 16.5. The number of anilines is 2. The highest BCUT2D eigenvalue weighted by Crippen LogP contribution is 2.27. The second-order valence-electron chi connectivity index (χ2n) is 3.09. The summed E-state index contributed by atoms with van der Waals surface area (Å²) in [5.41, 5.74) is 8.12. The van der Waals surface area contributed by atoms with Crippen molar-refractivity contribution in [2.24, 2.45) is 0 Å². The first-order valence-corrected chi connectivity index (χ1v) is 4.58. The van der Waals surface area contributed by atoms with Gasteiger partial charge in [-0.15, -0.1) is 0 Å². The Labute approximate surface area is 84.6 Å². The van der Waals surface area contributed by atoms with Gasteiger partial charge in [0.15, 0.2) is 0 Å². The largest absolute Gasteiger partial charge is 0.492 e. The van der Waals surface area contributed by atoms with Gasteiger partial charge in [-0.1, -0.05) is 6.58 Å². The third-order valence-corrected chi connectivity index (χ3v) is 1.65. The molecule has 0 aliphatic heterocycles. The molecule has 1 rings (SSSR count). The molecule has 0 unspecified atom stereocenters. The van der Waals surface area contributed by atoms with Crippen LogP contribution in [0.1, 0.15) is 13.8 Å². The topological polar surface area (TPSA) is 47.3 Å². The molecular formula is C11H16N2O. The van der Waals surface area contributed by atoms with Crippen LogP contribution >= 0.6 is 0 Å². The van der Waals surface area contributed by atoms with Gasteiger partial charge in [-0.05, 0) is 26.0 Å². The molecule has 0 saturated carbocycles. The lowest BCUT2D eigenvalue weighted by atomic mass is 10.2. The summed E-state index contributed by atoms with van der Waals surface area (Å²) in [6.45, 7) is 8.23. The zero-order valence-corrected chi connectivity index (χ0v) is 8.63. The minimum atomic E-state index is 0.619. The van der Waals surface area contributed by atoms with E-state index in [1.165, 1.54) is 0 Å². The Morgan fingerprint density at radius 2 is 2.29 bits per heavy atom. The summed E-state index contributed by atoms with van der Waals surface area (Å²) in [6.07, 6.45) is 0. The molecule has 0 aromatic heterocycles. The lowest BCUT2D eigenvalue weighted by Crippen LogP contribution is -2.00. The molecule has 3 nitrogen and oxygen atoms in total. The molecule has 0 fully saturated rings. The van der Waals surface area contributed by atoms with Crippen LogP contribution in [0, 0.1) is 0 Å². The van der Waals surface area contributed by atoms with E-state index in [1.54, 1.807) is 6.07 Å². The summed E-state index contributed by atoms with van der Waals surface area (Å²) in [5, 5.41) is 3.11. The van der Waals surface area contributed by atoms with Gasteiger partial charge in [0.05, 0.1) is 12.3 Å². The highest BCUT2D eigenvalue weighted by molar-refractivity contribution is 5.64. The van der Waals surface area contributed by atoms with Crippen molar-refractivity contribution >= 4 is 11.4 Å². The number of nitrogen functional groups attached to an aromatic ring is 1. The van der Waals surface area contributed by atoms with Crippen molar-refractivity contribution in [2.45, 2.75) is 13.8 Å². The van der Waals surface area contributed by atoms with Crippen LogP contribution in [0.2, 0.25) is 0 Å². The smallest absolute Gasteiger partial charge is 0.144 e. The van der Waals surface area contributed by atoms with E-state index in [0.717, 1.165) is 17.1 Å². The Morgan fingerprint density at radius 1 is 1.57 bits per heavy atom. The van der Waals surface area contributed by atoms with Gasteiger partial charge in [-0.2, -0.15) is 0 Å².